The summed E-state index contributed by atoms with van der Waals surface area (Å²) in [6.45, 7) is 2.90. The van der Waals surface area contributed by atoms with Crippen molar-refractivity contribution in [1.82, 2.24) is 10.2 Å². The Hall–Kier alpha value is -1.65. The average Bonchev–Trinajstić information content (AvgIpc) is 2.26. The molecule has 0 amide bonds. The third-order valence-corrected chi connectivity index (χ3v) is 1.62. The van der Waals surface area contributed by atoms with Gasteiger partial charge in [-0.2, -0.15) is 0 Å². The minimum atomic E-state index is -0.473. The molecule has 0 aromatic carbocycles. The van der Waals surface area contributed by atoms with Gasteiger partial charge >= 0.3 is 5.97 Å². The molecule has 0 unspecified atom stereocenters. The van der Waals surface area contributed by atoms with Crippen LogP contribution in [-0.4, -0.2) is 29.8 Å². The predicted octanol–water partition coefficient (Wildman–Crippen LogP) is 1.09. The molecule has 76 valence electrons. The van der Waals surface area contributed by atoms with E-state index in [1.54, 1.807) is 12.1 Å². The fourth-order valence-corrected chi connectivity index (χ4v) is 0.893. The molecule has 0 radical (unpaired) electrons. The third-order valence-electron chi connectivity index (χ3n) is 1.62. The Labute approximate surface area is 82.5 Å². The van der Waals surface area contributed by atoms with Crippen molar-refractivity contribution in [2.75, 3.05) is 19.0 Å². The van der Waals surface area contributed by atoms with Crippen molar-refractivity contribution in [3.05, 3.63) is 17.8 Å². The Morgan fingerprint density at radius 1 is 1.50 bits per heavy atom. The first-order valence-corrected chi connectivity index (χ1v) is 4.44. The Kier molecular flexibility index (Phi) is 3.84. The fourth-order valence-electron chi connectivity index (χ4n) is 0.893. The van der Waals surface area contributed by atoms with Gasteiger partial charge < -0.3 is 10.1 Å². The van der Waals surface area contributed by atoms with Gasteiger partial charge in [-0.05, 0) is 18.6 Å². The molecule has 0 saturated heterocycles. The zero-order chi connectivity index (χ0) is 10.4. The van der Waals surface area contributed by atoms with Gasteiger partial charge in [-0.15, -0.1) is 10.2 Å². The highest BCUT2D eigenvalue weighted by Crippen LogP contribution is 2.02. The third kappa shape index (κ3) is 2.69. The van der Waals surface area contributed by atoms with Gasteiger partial charge in [-0.25, -0.2) is 4.79 Å². The smallest absolute Gasteiger partial charge is 0.358 e. The monoisotopic (exact) mass is 195 g/mol. The summed E-state index contributed by atoms with van der Waals surface area (Å²) in [7, 11) is 1.31. The van der Waals surface area contributed by atoms with Gasteiger partial charge in [0.25, 0.3) is 0 Å². The zero-order valence-corrected chi connectivity index (χ0v) is 8.28. The summed E-state index contributed by atoms with van der Waals surface area (Å²) >= 11 is 0. The summed E-state index contributed by atoms with van der Waals surface area (Å²) in [6.07, 6.45) is 1.01. The number of carbonyl (C=O) groups is 1. The van der Waals surface area contributed by atoms with Crippen molar-refractivity contribution in [3.63, 3.8) is 0 Å². The first kappa shape index (κ1) is 10.4. The molecule has 0 aliphatic rings. The molecular formula is C9H13N3O2. The Morgan fingerprint density at radius 2 is 2.29 bits per heavy atom. The molecule has 0 atom stereocenters. The lowest BCUT2D eigenvalue weighted by Gasteiger charge is -2.02. The van der Waals surface area contributed by atoms with Crippen LogP contribution in [0.1, 0.15) is 23.8 Å². The topological polar surface area (TPSA) is 64.1 Å². The zero-order valence-electron chi connectivity index (χ0n) is 8.28. The molecule has 0 saturated carbocycles. The summed E-state index contributed by atoms with van der Waals surface area (Å²) in [4.78, 5) is 11.0. The van der Waals surface area contributed by atoms with Crippen molar-refractivity contribution < 1.29 is 9.53 Å². The van der Waals surface area contributed by atoms with Crippen LogP contribution in [-0.2, 0) is 4.74 Å². The lowest BCUT2D eigenvalue weighted by molar-refractivity contribution is 0.0593. The molecule has 5 heteroatoms. The van der Waals surface area contributed by atoms with Crippen LogP contribution >= 0.6 is 0 Å². The number of rotatable bonds is 4. The van der Waals surface area contributed by atoms with Crippen LogP contribution in [0, 0.1) is 0 Å². The van der Waals surface area contributed by atoms with E-state index in [1.807, 2.05) is 0 Å². The number of methoxy groups -OCH3 is 1. The van der Waals surface area contributed by atoms with Crippen LogP contribution in [0.3, 0.4) is 0 Å². The first-order chi connectivity index (χ1) is 6.77. The second-order valence-corrected chi connectivity index (χ2v) is 2.72. The number of hydrogen-bond acceptors (Lipinski definition) is 5. The molecule has 1 aromatic heterocycles. The van der Waals surface area contributed by atoms with E-state index in [4.69, 9.17) is 0 Å². The number of ether oxygens (including phenoxy) is 1. The number of anilines is 1. The molecule has 5 nitrogen and oxygen atoms in total. The number of esters is 1. The molecule has 1 rings (SSSR count). The van der Waals surface area contributed by atoms with Gasteiger partial charge in [-0.3, -0.25) is 0 Å². The van der Waals surface area contributed by atoms with Crippen molar-refractivity contribution in [2.45, 2.75) is 13.3 Å². The number of aromatic nitrogens is 2. The summed E-state index contributed by atoms with van der Waals surface area (Å²) in [5.74, 6) is 0.194. The van der Waals surface area contributed by atoms with Crippen molar-refractivity contribution in [2.24, 2.45) is 0 Å². The number of nitrogens with one attached hydrogen (secondary N) is 1. The maximum Gasteiger partial charge on any atom is 0.358 e. The average molecular weight is 195 g/mol. The van der Waals surface area contributed by atoms with Crippen LogP contribution in [0.25, 0.3) is 0 Å². The van der Waals surface area contributed by atoms with Gasteiger partial charge in [0.15, 0.2) is 5.69 Å². The molecule has 0 aliphatic heterocycles. The Bertz CT molecular complexity index is 297. The van der Waals surface area contributed by atoms with E-state index >= 15 is 0 Å². The van der Waals surface area contributed by atoms with Gasteiger partial charge in [-0.1, -0.05) is 6.92 Å². The number of nitrogens with zero attached hydrogens (tertiary/aromatic N) is 2. The van der Waals surface area contributed by atoms with E-state index < -0.39 is 5.97 Å². The Balaban J connectivity index is 2.63. The lowest BCUT2D eigenvalue weighted by atomic mass is 10.4. The molecule has 0 aliphatic carbocycles. The van der Waals surface area contributed by atoms with Crippen molar-refractivity contribution in [3.8, 4) is 0 Å². The minimum absolute atomic E-state index is 0.217. The molecular weight excluding hydrogens is 182 g/mol. The predicted molar refractivity (Wildman–Crippen MR) is 52.2 cm³/mol. The largest absolute Gasteiger partial charge is 0.464 e. The maximum atomic E-state index is 11.0. The van der Waals surface area contributed by atoms with Gasteiger partial charge in [0, 0.05) is 6.54 Å². The van der Waals surface area contributed by atoms with E-state index in [2.05, 4.69) is 27.2 Å². The van der Waals surface area contributed by atoms with Crippen LogP contribution < -0.4 is 5.32 Å². The second kappa shape index (κ2) is 5.16. The summed E-state index contributed by atoms with van der Waals surface area (Å²) < 4.78 is 4.50. The molecule has 0 fully saturated rings. The van der Waals surface area contributed by atoms with Gasteiger partial charge in [0.2, 0.25) is 0 Å². The van der Waals surface area contributed by atoms with E-state index in [9.17, 15) is 4.79 Å². The van der Waals surface area contributed by atoms with Gasteiger partial charge in [0.05, 0.1) is 7.11 Å². The molecule has 1 aromatic rings. The number of hydrogen-bond donors (Lipinski definition) is 1. The summed E-state index contributed by atoms with van der Waals surface area (Å²) in [6, 6.07) is 3.28. The molecule has 0 spiro atoms. The highest BCUT2D eigenvalue weighted by atomic mass is 16.5. The van der Waals surface area contributed by atoms with E-state index in [0.29, 0.717) is 5.82 Å². The minimum Gasteiger partial charge on any atom is -0.464 e. The van der Waals surface area contributed by atoms with Crippen LogP contribution in [0.5, 0.6) is 0 Å². The van der Waals surface area contributed by atoms with E-state index in [0.717, 1.165) is 13.0 Å². The molecule has 1 N–H and O–H groups in total. The van der Waals surface area contributed by atoms with E-state index in [-0.39, 0.29) is 5.69 Å². The molecule has 1 heterocycles. The molecule has 0 bridgehead atoms. The van der Waals surface area contributed by atoms with Gasteiger partial charge in [0.1, 0.15) is 5.82 Å². The first-order valence-electron chi connectivity index (χ1n) is 4.44. The van der Waals surface area contributed by atoms with E-state index in [1.165, 1.54) is 7.11 Å². The normalized spacial score (nSPS) is 9.57. The highest BCUT2D eigenvalue weighted by molar-refractivity contribution is 5.86. The van der Waals surface area contributed by atoms with Crippen LogP contribution in [0.15, 0.2) is 12.1 Å². The maximum absolute atomic E-state index is 11.0. The highest BCUT2D eigenvalue weighted by Gasteiger charge is 2.06. The number of carbonyl (C=O) groups excluding carboxylic acids is 1. The lowest BCUT2D eigenvalue weighted by Crippen LogP contribution is -2.08. The standard InChI is InChI=1S/C9H13N3O2/c1-3-6-10-8-5-4-7(11-12-8)9(13)14-2/h4-5H,3,6H2,1-2H3,(H,10,12). The second-order valence-electron chi connectivity index (χ2n) is 2.72. The van der Waals surface area contributed by atoms with Crippen LogP contribution in [0.2, 0.25) is 0 Å². The van der Waals surface area contributed by atoms with Crippen LogP contribution in [0.4, 0.5) is 5.82 Å². The molecule has 14 heavy (non-hydrogen) atoms. The Morgan fingerprint density at radius 3 is 2.79 bits per heavy atom. The van der Waals surface area contributed by atoms with Crippen molar-refractivity contribution >= 4 is 11.8 Å². The fraction of sp³-hybridized carbons (Fsp3) is 0.444. The summed E-state index contributed by atoms with van der Waals surface area (Å²) in [5.41, 5.74) is 0.217. The SMILES string of the molecule is CCCNc1ccc(C(=O)OC)nn1. The quantitative estimate of drug-likeness (QED) is 0.728. The van der Waals surface area contributed by atoms with Crippen molar-refractivity contribution in [1.29, 1.82) is 0 Å². The summed E-state index contributed by atoms with van der Waals surface area (Å²) in [5, 5.41) is 10.6.